The third-order valence-electron chi connectivity index (χ3n) is 3.48. The summed E-state index contributed by atoms with van der Waals surface area (Å²) in [6.45, 7) is 2.62. The minimum absolute atomic E-state index is 0.0809. The van der Waals surface area contributed by atoms with Crippen LogP contribution >= 0.6 is 0 Å². The topological polar surface area (TPSA) is 152 Å². The van der Waals surface area contributed by atoms with Crippen molar-refractivity contribution in [1.29, 1.82) is 0 Å². The SMILES string of the molecule is C=CCO[C@]1(C(=O)OC)C[C@H](O)[C@@H](N)[C@H]([C@H](O)[C@H](O)CO)O1. The van der Waals surface area contributed by atoms with E-state index in [4.69, 9.17) is 20.3 Å². The Morgan fingerprint density at radius 3 is 2.73 bits per heavy atom. The van der Waals surface area contributed by atoms with Crippen molar-refractivity contribution in [2.75, 3.05) is 20.3 Å². The summed E-state index contributed by atoms with van der Waals surface area (Å²) in [6, 6.07) is -1.10. The number of ether oxygens (including phenoxy) is 3. The van der Waals surface area contributed by atoms with E-state index >= 15 is 0 Å². The molecule has 0 bridgehead atoms. The molecule has 9 nitrogen and oxygen atoms in total. The van der Waals surface area contributed by atoms with Gasteiger partial charge in [0, 0.05) is 6.42 Å². The molecule has 6 N–H and O–H groups in total. The van der Waals surface area contributed by atoms with E-state index in [2.05, 4.69) is 11.3 Å². The molecule has 0 spiro atoms. The average molecular weight is 321 g/mol. The molecule has 1 saturated heterocycles. The highest BCUT2D eigenvalue weighted by molar-refractivity contribution is 5.78. The number of nitrogens with two attached hydrogens (primary N) is 1. The van der Waals surface area contributed by atoms with Gasteiger partial charge in [-0.15, -0.1) is 6.58 Å². The van der Waals surface area contributed by atoms with Crippen LogP contribution in [0.3, 0.4) is 0 Å². The Hall–Kier alpha value is -1.07. The van der Waals surface area contributed by atoms with Crippen LogP contribution in [0.25, 0.3) is 0 Å². The lowest BCUT2D eigenvalue weighted by molar-refractivity contribution is -0.307. The van der Waals surface area contributed by atoms with E-state index in [-0.39, 0.29) is 13.0 Å². The van der Waals surface area contributed by atoms with E-state index in [0.717, 1.165) is 7.11 Å². The van der Waals surface area contributed by atoms with Crippen molar-refractivity contribution < 1.29 is 39.4 Å². The molecule has 22 heavy (non-hydrogen) atoms. The zero-order chi connectivity index (χ0) is 16.9. The zero-order valence-electron chi connectivity index (χ0n) is 12.3. The standard InChI is InChI=1S/C13H23NO8/c1-3-4-21-13(12(19)20-2)5-7(16)9(14)11(22-13)10(18)8(17)6-15/h3,7-11,15-18H,1,4-6,14H2,2H3/t7-,8+,9+,10+,11+,13+/m0/s1. The maximum atomic E-state index is 12.0. The zero-order valence-corrected chi connectivity index (χ0v) is 12.3. The summed E-state index contributed by atoms with van der Waals surface area (Å²) in [4.78, 5) is 12.0. The number of carbonyl (C=O) groups is 1. The molecule has 0 unspecified atom stereocenters. The summed E-state index contributed by atoms with van der Waals surface area (Å²) in [5.74, 6) is -2.91. The van der Waals surface area contributed by atoms with Gasteiger partial charge >= 0.3 is 5.97 Å². The highest BCUT2D eigenvalue weighted by Gasteiger charge is 2.54. The molecule has 0 aromatic carbocycles. The molecular weight excluding hydrogens is 298 g/mol. The van der Waals surface area contributed by atoms with Gasteiger partial charge in [-0.05, 0) is 0 Å². The van der Waals surface area contributed by atoms with E-state index in [1.54, 1.807) is 0 Å². The van der Waals surface area contributed by atoms with Crippen LogP contribution in [0.4, 0.5) is 0 Å². The second-order valence-corrected chi connectivity index (χ2v) is 5.02. The molecule has 6 atom stereocenters. The summed E-state index contributed by atoms with van der Waals surface area (Å²) in [5.41, 5.74) is 5.75. The molecule has 1 fully saturated rings. The minimum Gasteiger partial charge on any atom is -0.465 e. The number of hydrogen-bond acceptors (Lipinski definition) is 9. The molecule has 0 radical (unpaired) electrons. The van der Waals surface area contributed by atoms with Gasteiger partial charge in [0.2, 0.25) is 0 Å². The van der Waals surface area contributed by atoms with Gasteiger partial charge in [-0.2, -0.15) is 0 Å². The fourth-order valence-electron chi connectivity index (χ4n) is 2.23. The van der Waals surface area contributed by atoms with Gasteiger partial charge in [-0.25, -0.2) is 4.79 Å². The van der Waals surface area contributed by atoms with E-state index in [0.29, 0.717) is 0 Å². The Bertz CT molecular complexity index is 392. The molecule has 9 heteroatoms. The average Bonchev–Trinajstić information content (AvgIpc) is 2.53. The Morgan fingerprint density at radius 2 is 2.23 bits per heavy atom. The van der Waals surface area contributed by atoms with Gasteiger partial charge in [0.05, 0.1) is 32.5 Å². The third kappa shape index (κ3) is 3.82. The number of hydrogen-bond donors (Lipinski definition) is 5. The second-order valence-electron chi connectivity index (χ2n) is 5.02. The first-order chi connectivity index (χ1) is 10.3. The Balaban J connectivity index is 3.08. The van der Waals surface area contributed by atoms with Crippen molar-refractivity contribution >= 4 is 5.97 Å². The first-order valence-electron chi connectivity index (χ1n) is 6.74. The summed E-state index contributed by atoms with van der Waals surface area (Å²) in [7, 11) is 1.11. The number of rotatable bonds is 7. The molecule has 0 saturated carbocycles. The minimum atomic E-state index is -1.99. The Morgan fingerprint density at radius 1 is 1.59 bits per heavy atom. The molecule has 0 aliphatic carbocycles. The van der Waals surface area contributed by atoms with Crippen LogP contribution in [-0.2, 0) is 19.0 Å². The fraction of sp³-hybridized carbons (Fsp3) is 0.769. The van der Waals surface area contributed by atoms with Gasteiger partial charge in [0.1, 0.15) is 18.3 Å². The van der Waals surface area contributed by atoms with Crippen molar-refractivity contribution in [2.45, 2.75) is 42.7 Å². The summed E-state index contributed by atoms with van der Waals surface area (Å²) in [6.07, 6.45) is -4.75. The van der Waals surface area contributed by atoms with Crippen LogP contribution in [0.5, 0.6) is 0 Å². The van der Waals surface area contributed by atoms with Crippen LogP contribution in [0.2, 0.25) is 0 Å². The molecule has 1 aliphatic rings. The van der Waals surface area contributed by atoms with E-state index in [1.807, 2.05) is 0 Å². The largest absolute Gasteiger partial charge is 0.465 e. The van der Waals surface area contributed by atoms with E-state index in [9.17, 15) is 20.1 Å². The maximum absolute atomic E-state index is 12.0. The van der Waals surface area contributed by atoms with Crippen molar-refractivity contribution in [3.63, 3.8) is 0 Å². The first-order valence-corrected chi connectivity index (χ1v) is 6.74. The third-order valence-corrected chi connectivity index (χ3v) is 3.48. The smallest absolute Gasteiger partial charge is 0.366 e. The van der Waals surface area contributed by atoms with Crippen molar-refractivity contribution in [3.05, 3.63) is 12.7 Å². The van der Waals surface area contributed by atoms with Crippen molar-refractivity contribution in [3.8, 4) is 0 Å². The second kappa shape index (κ2) is 7.97. The summed E-state index contributed by atoms with van der Waals surface area (Å²) >= 11 is 0. The predicted octanol–water partition coefficient (Wildman–Crippen LogP) is -2.75. The lowest BCUT2D eigenvalue weighted by Crippen LogP contribution is -2.66. The van der Waals surface area contributed by atoms with Crippen LogP contribution in [0.1, 0.15) is 6.42 Å². The van der Waals surface area contributed by atoms with E-state index < -0.39 is 48.8 Å². The predicted molar refractivity (Wildman–Crippen MR) is 73.5 cm³/mol. The van der Waals surface area contributed by atoms with Gasteiger partial charge < -0.3 is 40.4 Å². The van der Waals surface area contributed by atoms with Gasteiger partial charge in [-0.3, -0.25) is 0 Å². The van der Waals surface area contributed by atoms with Gasteiger partial charge in [-0.1, -0.05) is 6.08 Å². The maximum Gasteiger partial charge on any atom is 0.366 e. The number of aliphatic hydroxyl groups excluding tert-OH is 4. The first kappa shape index (κ1) is 19.0. The highest BCUT2D eigenvalue weighted by Crippen LogP contribution is 2.33. The fourth-order valence-corrected chi connectivity index (χ4v) is 2.23. The van der Waals surface area contributed by atoms with Gasteiger partial charge in [0.15, 0.2) is 0 Å². The van der Waals surface area contributed by atoms with Gasteiger partial charge in [0.25, 0.3) is 5.79 Å². The molecule has 128 valence electrons. The Labute approximate surface area is 127 Å². The number of esters is 1. The normalized spacial score (nSPS) is 34.7. The van der Waals surface area contributed by atoms with E-state index in [1.165, 1.54) is 6.08 Å². The van der Waals surface area contributed by atoms with Crippen molar-refractivity contribution in [1.82, 2.24) is 0 Å². The van der Waals surface area contributed by atoms with Crippen LogP contribution in [0, 0.1) is 0 Å². The summed E-state index contributed by atoms with van der Waals surface area (Å²) in [5, 5.41) is 38.5. The van der Waals surface area contributed by atoms with Crippen molar-refractivity contribution in [2.24, 2.45) is 5.73 Å². The number of carbonyl (C=O) groups excluding carboxylic acids is 1. The van der Waals surface area contributed by atoms with Crippen LogP contribution in [-0.4, -0.2) is 83.0 Å². The molecular formula is C13H23NO8. The molecule has 1 aliphatic heterocycles. The quantitative estimate of drug-likeness (QED) is 0.248. The lowest BCUT2D eigenvalue weighted by atomic mass is 9.89. The molecule has 1 heterocycles. The molecule has 1 rings (SSSR count). The monoisotopic (exact) mass is 321 g/mol. The summed E-state index contributed by atoms with van der Waals surface area (Å²) < 4.78 is 15.4. The Kier molecular flexibility index (Phi) is 6.88. The van der Waals surface area contributed by atoms with Crippen LogP contribution in [0.15, 0.2) is 12.7 Å². The number of aliphatic hydroxyl groups is 4. The number of methoxy groups -OCH3 is 1. The molecule has 0 aromatic heterocycles. The van der Waals surface area contributed by atoms with Crippen LogP contribution < -0.4 is 5.73 Å². The highest BCUT2D eigenvalue weighted by atomic mass is 16.7. The molecule has 0 aromatic rings. The lowest BCUT2D eigenvalue weighted by Gasteiger charge is -2.45. The molecule has 0 amide bonds.